The largest absolute Gasteiger partial charge is 0.493 e. The van der Waals surface area contributed by atoms with E-state index in [0.29, 0.717) is 71.8 Å². The summed E-state index contributed by atoms with van der Waals surface area (Å²) in [7, 11) is 3.13. The third-order valence-corrected chi connectivity index (χ3v) is 7.21. The molecule has 3 aromatic rings. The van der Waals surface area contributed by atoms with E-state index in [9.17, 15) is 4.79 Å². The fourth-order valence-electron chi connectivity index (χ4n) is 4.82. The van der Waals surface area contributed by atoms with Crippen LogP contribution in [0, 0.1) is 5.92 Å². The van der Waals surface area contributed by atoms with Crippen LogP contribution in [0.5, 0.6) is 17.4 Å². The van der Waals surface area contributed by atoms with Gasteiger partial charge >= 0.3 is 5.97 Å². The van der Waals surface area contributed by atoms with E-state index in [4.69, 9.17) is 35.4 Å². The summed E-state index contributed by atoms with van der Waals surface area (Å²) in [6.07, 6.45) is 4.63. The molecule has 0 unspecified atom stereocenters. The van der Waals surface area contributed by atoms with Crippen molar-refractivity contribution in [2.45, 2.75) is 31.6 Å². The van der Waals surface area contributed by atoms with Crippen molar-refractivity contribution in [2.24, 2.45) is 5.92 Å². The molecule has 3 heterocycles. The van der Waals surface area contributed by atoms with Gasteiger partial charge in [-0.3, -0.25) is 9.69 Å². The van der Waals surface area contributed by atoms with E-state index >= 15 is 0 Å². The number of benzene rings is 1. The average molecular weight is 529 g/mol. The van der Waals surface area contributed by atoms with Gasteiger partial charge in [0, 0.05) is 48.4 Å². The standard InChI is InChI=1S/C26H29ClN4O6/c1-34-21-11-16(9-19(27)23(21)36-8-7-31-13-18(14-31)26(32)33)24-29-25(37-30-24)17-10-20(15-5-3-4-6-15)28-22(12-17)35-2/h9-12,15,18H,3-8,13-14H2,1-2H3,(H,32,33). The number of pyridine rings is 1. The molecule has 10 nitrogen and oxygen atoms in total. The highest BCUT2D eigenvalue weighted by atomic mass is 35.5. The predicted octanol–water partition coefficient (Wildman–Crippen LogP) is 4.52. The maximum absolute atomic E-state index is 11.0. The third kappa shape index (κ3) is 5.50. The summed E-state index contributed by atoms with van der Waals surface area (Å²) >= 11 is 6.54. The zero-order chi connectivity index (χ0) is 25.9. The lowest BCUT2D eigenvalue weighted by Gasteiger charge is -2.36. The Morgan fingerprint density at radius 3 is 2.59 bits per heavy atom. The fraction of sp³-hybridized carbons (Fsp3) is 0.462. The molecule has 1 saturated heterocycles. The molecule has 1 saturated carbocycles. The topological polar surface area (TPSA) is 120 Å². The van der Waals surface area contributed by atoms with Gasteiger partial charge in [0.15, 0.2) is 11.5 Å². The minimum atomic E-state index is -0.764. The van der Waals surface area contributed by atoms with Gasteiger partial charge in [0.1, 0.15) is 6.61 Å². The number of carboxylic acid groups (broad SMARTS) is 1. The maximum Gasteiger partial charge on any atom is 0.309 e. The van der Waals surface area contributed by atoms with Crippen LogP contribution in [0.4, 0.5) is 0 Å². The highest BCUT2D eigenvalue weighted by Crippen LogP contribution is 2.40. The predicted molar refractivity (Wildman–Crippen MR) is 135 cm³/mol. The van der Waals surface area contributed by atoms with Gasteiger partial charge in [-0.2, -0.15) is 4.98 Å². The molecule has 0 amide bonds. The number of hydrogen-bond donors (Lipinski definition) is 1. The van der Waals surface area contributed by atoms with Crippen molar-refractivity contribution in [3.63, 3.8) is 0 Å². The van der Waals surface area contributed by atoms with Crippen LogP contribution in [0.15, 0.2) is 28.8 Å². The number of hydrogen-bond acceptors (Lipinski definition) is 9. The van der Waals surface area contributed by atoms with E-state index in [2.05, 4.69) is 15.1 Å². The smallest absolute Gasteiger partial charge is 0.309 e. The first-order valence-corrected chi connectivity index (χ1v) is 12.7. The van der Waals surface area contributed by atoms with Crippen LogP contribution in [-0.4, -0.2) is 71.6 Å². The van der Waals surface area contributed by atoms with E-state index in [0.717, 1.165) is 24.1 Å². The lowest BCUT2D eigenvalue weighted by Crippen LogP contribution is -2.51. The Morgan fingerprint density at radius 1 is 1.11 bits per heavy atom. The zero-order valence-electron chi connectivity index (χ0n) is 20.8. The van der Waals surface area contributed by atoms with Crippen molar-refractivity contribution in [2.75, 3.05) is 40.5 Å². The molecule has 2 fully saturated rings. The van der Waals surface area contributed by atoms with Gasteiger partial charge in [-0.1, -0.05) is 29.6 Å². The van der Waals surface area contributed by atoms with Crippen molar-refractivity contribution in [3.05, 3.63) is 35.0 Å². The van der Waals surface area contributed by atoms with Gasteiger partial charge in [-0.25, -0.2) is 4.98 Å². The SMILES string of the molecule is COc1cc(-c2nc(-c3cc(Cl)c(OCCN4CC(C(=O)O)C4)c(OC)c3)no2)cc(C2CCCC2)n1. The van der Waals surface area contributed by atoms with Gasteiger partial charge in [0.2, 0.25) is 11.7 Å². The van der Waals surface area contributed by atoms with Crippen LogP contribution in [0.3, 0.4) is 0 Å². The van der Waals surface area contributed by atoms with Gasteiger partial charge in [-0.15, -0.1) is 0 Å². The van der Waals surface area contributed by atoms with Crippen molar-refractivity contribution < 1.29 is 28.6 Å². The maximum atomic E-state index is 11.0. The number of aliphatic carboxylic acids is 1. The molecule has 1 aromatic carbocycles. The summed E-state index contributed by atoms with van der Waals surface area (Å²) in [5.41, 5.74) is 2.35. The summed E-state index contributed by atoms with van der Waals surface area (Å²) in [5, 5.41) is 13.5. The number of likely N-dealkylation sites (tertiary alicyclic amines) is 1. The molecule has 0 spiro atoms. The first kappa shape index (κ1) is 25.3. The average Bonchev–Trinajstić information content (AvgIpc) is 3.58. The molecule has 2 aromatic heterocycles. The molecule has 2 aliphatic rings. The van der Waals surface area contributed by atoms with E-state index in [1.165, 1.54) is 20.0 Å². The van der Waals surface area contributed by atoms with Gasteiger partial charge < -0.3 is 23.8 Å². The highest BCUT2D eigenvalue weighted by Gasteiger charge is 2.32. The minimum Gasteiger partial charge on any atom is -0.493 e. The fourth-order valence-corrected chi connectivity index (χ4v) is 5.08. The van der Waals surface area contributed by atoms with Crippen LogP contribution < -0.4 is 14.2 Å². The molecule has 0 bridgehead atoms. The monoisotopic (exact) mass is 528 g/mol. The zero-order valence-corrected chi connectivity index (χ0v) is 21.5. The number of carboxylic acids is 1. The Kier molecular flexibility index (Phi) is 7.48. The third-order valence-electron chi connectivity index (χ3n) is 6.93. The lowest BCUT2D eigenvalue weighted by molar-refractivity contribution is -0.147. The molecule has 1 N–H and O–H groups in total. The Balaban J connectivity index is 1.31. The second-order valence-corrected chi connectivity index (χ2v) is 9.77. The summed E-state index contributed by atoms with van der Waals surface area (Å²) < 4.78 is 22.4. The number of carbonyl (C=O) groups is 1. The molecule has 11 heteroatoms. The van der Waals surface area contributed by atoms with Crippen LogP contribution >= 0.6 is 11.6 Å². The molecular formula is C26H29ClN4O6. The van der Waals surface area contributed by atoms with Crippen LogP contribution in [0.1, 0.15) is 37.3 Å². The summed E-state index contributed by atoms with van der Waals surface area (Å²) in [4.78, 5) is 22.2. The first-order valence-electron chi connectivity index (χ1n) is 12.3. The summed E-state index contributed by atoms with van der Waals surface area (Å²) in [6, 6.07) is 7.24. The Hall–Kier alpha value is -3.37. The molecule has 5 rings (SSSR count). The normalized spacial score (nSPS) is 16.5. The molecule has 0 radical (unpaired) electrons. The Morgan fingerprint density at radius 2 is 1.89 bits per heavy atom. The number of rotatable bonds is 10. The first-order chi connectivity index (χ1) is 17.9. The van der Waals surface area contributed by atoms with Crippen LogP contribution in [0.2, 0.25) is 5.02 Å². The minimum absolute atomic E-state index is 0.306. The van der Waals surface area contributed by atoms with Crippen LogP contribution in [0.25, 0.3) is 22.8 Å². The Labute approximate surface area is 219 Å². The van der Waals surface area contributed by atoms with Gasteiger partial charge in [0.25, 0.3) is 5.89 Å². The number of aromatic nitrogens is 3. The summed E-state index contributed by atoms with van der Waals surface area (Å²) in [5.74, 6) is 1.43. The highest BCUT2D eigenvalue weighted by molar-refractivity contribution is 6.32. The molecule has 0 atom stereocenters. The second kappa shape index (κ2) is 10.9. The van der Waals surface area contributed by atoms with E-state index in [1.54, 1.807) is 25.3 Å². The lowest BCUT2D eigenvalue weighted by atomic mass is 10.0. The van der Waals surface area contributed by atoms with Gasteiger partial charge in [0.05, 0.1) is 25.2 Å². The van der Waals surface area contributed by atoms with Crippen molar-refractivity contribution in [1.29, 1.82) is 0 Å². The molecule has 37 heavy (non-hydrogen) atoms. The van der Waals surface area contributed by atoms with Crippen molar-refractivity contribution in [1.82, 2.24) is 20.0 Å². The molecule has 196 valence electrons. The van der Waals surface area contributed by atoms with Crippen LogP contribution in [-0.2, 0) is 4.79 Å². The molecular weight excluding hydrogens is 500 g/mol. The van der Waals surface area contributed by atoms with Crippen molar-refractivity contribution >= 4 is 17.6 Å². The number of ether oxygens (including phenoxy) is 3. The molecule has 1 aliphatic carbocycles. The van der Waals surface area contributed by atoms with E-state index < -0.39 is 5.97 Å². The van der Waals surface area contributed by atoms with E-state index in [-0.39, 0.29) is 5.92 Å². The molecule has 1 aliphatic heterocycles. The second-order valence-electron chi connectivity index (χ2n) is 9.36. The summed E-state index contributed by atoms with van der Waals surface area (Å²) in [6.45, 7) is 1.99. The number of halogens is 1. The quantitative estimate of drug-likeness (QED) is 0.402. The Bertz CT molecular complexity index is 1270. The number of methoxy groups -OCH3 is 2. The van der Waals surface area contributed by atoms with Crippen molar-refractivity contribution in [3.8, 4) is 40.2 Å². The number of nitrogens with zero attached hydrogens (tertiary/aromatic N) is 4. The van der Waals surface area contributed by atoms with E-state index in [1.807, 2.05) is 11.0 Å². The van der Waals surface area contributed by atoms with Gasteiger partial charge in [-0.05, 0) is 31.0 Å².